The summed E-state index contributed by atoms with van der Waals surface area (Å²) in [6.45, 7) is 5.40. The van der Waals surface area contributed by atoms with Gasteiger partial charge >= 0.3 is 5.69 Å². The Morgan fingerprint density at radius 3 is 2.44 bits per heavy atom. The van der Waals surface area contributed by atoms with Crippen LogP contribution in [-0.2, 0) is 11.3 Å². The number of imidazole rings is 1. The van der Waals surface area contributed by atoms with Gasteiger partial charge in [0.1, 0.15) is 12.8 Å². The van der Waals surface area contributed by atoms with E-state index in [9.17, 15) is 19.5 Å². The van der Waals surface area contributed by atoms with Gasteiger partial charge in [0.25, 0.3) is 6.09 Å². The Balaban J connectivity index is 1.31. The lowest BCUT2D eigenvalue weighted by molar-refractivity contribution is -0.956. The molecule has 4 aromatic rings. The summed E-state index contributed by atoms with van der Waals surface area (Å²) < 4.78 is 3.12. The molecule has 0 saturated carbocycles. The topological polar surface area (TPSA) is 105 Å². The number of nitrogens with zero attached hydrogens (tertiary/aromatic N) is 5. The number of carboxylic acid groups (broad SMARTS) is 1. The standard InChI is InChI=1S/C36H42Br2N6O4/c1-40-14-10-27(11-15-40)41-16-18-42(19-17-41)36(13-21-45)23-28(12-20-44(36,35(47)48)24-25-6-8-30(37)31(38)22-25)43-32-9-7-26-4-2-3-5-29(26)33(32)39-34(43)46/h2-9,21-22,27-28H,10-20,23-24H2,1H3,(H-,39,46,47,48)/t28?,36?,44-/m0/s1. The van der Waals surface area contributed by atoms with Crippen LogP contribution in [-0.4, -0.2) is 106 Å². The van der Waals surface area contributed by atoms with Crippen LogP contribution in [0.15, 0.2) is 68.3 Å². The maximum atomic E-state index is 13.8. The van der Waals surface area contributed by atoms with Crippen molar-refractivity contribution in [2.45, 2.75) is 56.4 Å². The highest BCUT2D eigenvalue weighted by Gasteiger charge is 2.60. The van der Waals surface area contributed by atoms with Gasteiger partial charge < -0.3 is 24.6 Å². The van der Waals surface area contributed by atoms with Gasteiger partial charge in [-0.2, -0.15) is 0 Å². The number of carbonyl (C=O) groups excluding carboxylic acids is 2. The van der Waals surface area contributed by atoms with E-state index >= 15 is 0 Å². The number of piperazine rings is 1. The zero-order chi connectivity index (χ0) is 33.6. The Kier molecular flexibility index (Phi) is 9.42. The normalized spacial score (nSPS) is 26.7. The molecule has 0 bridgehead atoms. The maximum absolute atomic E-state index is 13.8. The van der Waals surface area contributed by atoms with Gasteiger partial charge in [0.15, 0.2) is 5.66 Å². The second kappa shape index (κ2) is 13.4. The van der Waals surface area contributed by atoms with E-state index < -0.39 is 16.2 Å². The van der Waals surface area contributed by atoms with E-state index in [0.717, 1.165) is 81.6 Å². The number of aldehydes is 1. The van der Waals surface area contributed by atoms with Crippen molar-refractivity contribution in [2.75, 3.05) is 52.9 Å². The summed E-state index contributed by atoms with van der Waals surface area (Å²) in [5.74, 6) is 0. The summed E-state index contributed by atoms with van der Waals surface area (Å²) in [5, 5.41) is 15.7. The number of rotatable bonds is 7. The minimum Gasteiger partial charge on any atom is -0.498 e. The summed E-state index contributed by atoms with van der Waals surface area (Å²) >= 11 is 7.14. The van der Waals surface area contributed by atoms with Crippen LogP contribution in [0.3, 0.4) is 0 Å². The second-order valence-corrected chi connectivity index (χ2v) is 15.6. The Bertz CT molecular complexity index is 1900. The molecule has 7 rings (SSSR count). The van der Waals surface area contributed by atoms with Gasteiger partial charge in [-0.25, -0.2) is 9.69 Å². The highest BCUT2D eigenvalue weighted by Crippen LogP contribution is 2.47. The molecule has 0 aliphatic carbocycles. The lowest BCUT2D eigenvalue weighted by Gasteiger charge is -2.61. The van der Waals surface area contributed by atoms with Crippen molar-refractivity contribution in [2.24, 2.45) is 0 Å². The average Bonchev–Trinajstić information content (AvgIpc) is 3.44. The van der Waals surface area contributed by atoms with Crippen molar-refractivity contribution in [3.8, 4) is 0 Å². The van der Waals surface area contributed by atoms with Crippen LogP contribution in [0.25, 0.3) is 21.8 Å². The van der Waals surface area contributed by atoms with Gasteiger partial charge in [0.2, 0.25) is 0 Å². The molecule has 3 saturated heterocycles. The molecule has 10 nitrogen and oxygen atoms in total. The van der Waals surface area contributed by atoms with Crippen LogP contribution in [0.2, 0.25) is 0 Å². The lowest BCUT2D eigenvalue weighted by Crippen LogP contribution is -2.79. The number of hydrogen-bond acceptors (Lipinski definition) is 7. The van der Waals surface area contributed by atoms with Crippen LogP contribution in [0.1, 0.15) is 43.7 Å². The van der Waals surface area contributed by atoms with Crippen molar-refractivity contribution in [3.05, 3.63) is 79.6 Å². The Morgan fingerprint density at radius 2 is 1.73 bits per heavy atom. The van der Waals surface area contributed by atoms with E-state index in [4.69, 9.17) is 0 Å². The second-order valence-electron chi connectivity index (χ2n) is 13.9. The van der Waals surface area contributed by atoms with Crippen LogP contribution >= 0.6 is 31.9 Å². The van der Waals surface area contributed by atoms with Crippen LogP contribution < -0.4 is 10.8 Å². The molecule has 3 aromatic carbocycles. The molecule has 0 spiro atoms. The van der Waals surface area contributed by atoms with Crippen LogP contribution in [0, 0.1) is 0 Å². The molecule has 1 N–H and O–H groups in total. The van der Waals surface area contributed by atoms with E-state index in [0.29, 0.717) is 32.0 Å². The highest BCUT2D eigenvalue weighted by atomic mass is 79.9. The van der Waals surface area contributed by atoms with Crippen molar-refractivity contribution in [1.29, 1.82) is 0 Å². The van der Waals surface area contributed by atoms with Gasteiger partial charge in [0, 0.05) is 65.0 Å². The summed E-state index contributed by atoms with van der Waals surface area (Å²) in [6, 6.07) is 18.0. The number of H-pyrrole nitrogens is 1. The number of hydrogen-bond donors (Lipinski definition) is 1. The zero-order valence-electron chi connectivity index (χ0n) is 27.2. The molecule has 3 atom stereocenters. The first-order valence-corrected chi connectivity index (χ1v) is 18.5. The third-order valence-corrected chi connectivity index (χ3v) is 13.4. The van der Waals surface area contributed by atoms with Gasteiger partial charge in [-0.05, 0) is 88.4 Å². The maximum Gasteiger partial charge on any atom is 0.326 e. The predicted octanol–water partition coefficient (Wildman–Crippen LogP) is 4.70. The average molecular weight is 783 g/mol. The zero-order valence-corrected chi connectivity index (χ0v) is 30.4. The summed E-state index contributed by atoms with van der Waals surface area (Å²) in [4.78, 5) is 50.6. The Morgan fingerprint density at radius 1 is 0.979 bits per heavy atom. The first kappa shape index (κ1) is 33.6. The first-order chi connectivity index (χ1) is 23.2. The molecule has 3 fully saturated rings. The Labute approximate surface area is 297 Å². The summed E-state index contributed by atoms with van der Waals surface area (Å²) in [6.07, 6.45) is 2.71. The number of nitrogens with one attached hydrogen (secondary N) is 1. The molecule has 3 aliphatic rings. The van der Waals surface area contributed by atoms with Gasteiger partial charge in [-0.15, -0.1) is 0 Å². The predicted molar refractivity (Wildman–Crippen MR) is 191 cm³/mol. The van der Waals surface area contributed by atoms with Crippen LogP contribution in [0.5, 0.6) is 0 Å². The minimum absolute atomic E-state index is 0.0173. The fourth-order valence-corrected chi connectivity index (χ4v) is 9.64. The van der Waals surface area contributed by atoms with E-state index in [2.05, 4.69) is 58.6 Å². The molecule has 4 heterocycles. The molecule has 254 valence electrons. The van der Waals surface area contributed by atoms with E-state index in [1.807, 2.05) is 59.2 Å². The molecule has 2 unspecified atom stereocenters. The fraction of sp³-hybridized carbons (Fsp3) is 0.472. The number of quaternary nitrogens is 1. The highest BCUT2D eigenvalue weighted by molar-refractivity contribution is 9.13. The molecule has 3 aliphatic heterocycles. The number of aromatic amines is 1. The number of amides is 1. The third-order valence-electron chi connectivity index (χ3n) is 11.5. The Hall–Kier alpha value is -2.87. The largest absolute Gasteiger partial charge is 0.498 e. The number of benzene rings is 3. The molecule has 12 heteroatoms. The first-order valence-electron chi connectivity index (χ1n) is 16.9. The molecule has 48 heavy (non-hydrogen) atoms. The third kappa shape index (κ3) is 5.78. The molecule has 1 aromatic heterocycles. The number of likely N-dealkylation sites (tertiary alicyclic amines) is 2. The van der Waals surface area contributed by atoms with E-state index in [1.165, 1.54) is 0 Å². The molecule has 1 amide bonds. The van der Waals surface area contributed by atoms with Crippen LogP contribution in [0.4, 0.5) is 4.79 Å². The van der Waals surface area contributed by atoms with Crippen molar-refractivity contribution in [1.82, 2.24) is 24.3 Å². The van der Waals surface area contributed by atoms with Gasteiger partial charge in [-0.1, -0.05) is 36.4 Å². The smallest absolute Gasteiger partial charge is 0.326 e. The van der Waals surface area contributed by atoms with Gasteiger partial charge in [-0.3, -0.25) is 14.0 Å². The van der Waals surface area contributed by atoms with Crippen molar-refractivity contribution >= 4 is 66.0 Å². The minimum atomic E-state index is -1.19. The van der Waals surface area contributed by atoms with Crippen molar-refractivity contribution in [3.63, 3.8) is 0 Å². The molecular weight excluding hydrogens is 740 g/mol. The monoisotopic (exact) mass is 780 g/mol. The van der Waals surface area contributed by atoms with Crippen molar-refractivity contribution < 1.29 is 19.2 Å². The quantitative estimate of drug-likeness (QED) is 0.214. The number of carbonyl (C=O) groups is 2. The number of fused-ring (bicyclic) bond motifs is 3. The SMILES string of the molecule is CN1CCC(N2CCN(C3(CC=O)CC(n4c(=O)[nH]c5c6ccccc6ccc54)CC[N@+]3(Cc3ccc(Br)c(Br)c3)C(=O)[O-])CC2)CC1. The molecule has 0 radical (unpaired) electrons. The van der Waals surface area contributed by atoms with E-state index in [1.54, 1.807) is 0 Å². The summed E-state index contributed by atoms with van der Waals surface area (Å²) in [7, 11) is 2.17. The van der Waals surface area contributed by atoms with Gasteiger partial charge in [0.05, 0.1) is 30.0 Å². The number of aromatic nitrogens is 2. The van der Waals surface area contributed by atoms with E-state index in [-0.39, 0.29) is 31.2 Å². The fourth-order valence-electron chi connectivity index (χ4n) is 8.97. The summed E-state index contributed by atoms with van der Waals surface area (Å²) in [5.41, 5.74) is 1.06. The number of halogens is 2. The lowest BCUT2D eigenvalue weighted by atomic mass is 9.82. The number of piperidine rings is 2. The molecular formula is C36H42Br2N6O4.